The SMILES string of the molecule is CCCCSP(=S)(NC=S)OCC. The van der Waals surface area contributed by atoms with E-state index >= 15 is 0 Å². The lowest BCUT2D eigenvalue weighted by Gasteiger charge is -2.19. The molecule has 0 saturated heterocycles. The lowest BCUT2D eigenvalue weighted by atomic mass is 10.4. The molecule has 0 radical (unpaired) electrons. The fourth-order valence-corrected chi connectivity index (χ4v) is 6.05. The molecule has 0 amide bonds. The van der Waals surface area contributed by atoms with E-state index in [1.807, 2.05) is 6.92 Å². The summed E-state index contributed by atoms with van der Waals surface area (Å²) < 4.78 is 5.50. The van der Waals surface area contributed by atoms with Gasteiger partial charge in [0.15, 0.2) is 0 Å². The van der Waals surface area contributed by atoms with Gasteiger partial charge in [0.1, 0.15) is 0 Å². The third kappa shape index (κ3) is 6.86. The number of unbranched alkanes of at least 4 members (excludes halogenated alkanes) is 1. The van der Waals surface area contributed by atoms with E-state index < -0.39 is 5.62 Å². The number of thiocarbonyl (C=S) groups is 1. The van der Waals surface area contributed by atoms with Gasteiger partial charge in [0, 0.05) is 5.75 Å². The number of hydrogen-bond donors (Lipinski definition) is 1. The second-order valence-corrected chi connectivity index (χ2v) is 9.32. The van der Waals surface area contributed by atoms with E-state index in [1.165, 1.54) is 18.3 Å². The zero-order valence-corrected chi connectivity index (χ0v) is 11.3. The summed E-state index contributed by atoms with van der Waals surface area (Å²) in [5.74, 6) is 1.05. The van der Waals surface area contributed by atoms with Crippen LogP contribution in [0.5, 0.6) is 0 Å². The predicted octanol–water partition coefficient (Wildman–Crippen LogP) is 3.33. The molecule has 0 fully saturated rings. The lowest BCUT2D eigenvalue weighted by Crippen LogP contribution is -2.06. The topological polar surface area (TPSA) is 21.3 Å². The molecule has 1 N–H and O–H groups in total. The Hall–Kier alpha value is 0.850. The van der Waals surface area contributed by atoms with Gasteiger partial charge in [0.25, 0.3) is 0 Å². The zero-order chi connectivity index (χ0) is 10.2. The summed E-state index contributed by atoms with van der Waals surface area (Å²) in [7, 11) is 0. The Morgan fingerprint density at radius 2 is 2.23 bits per heavy atom. The lowest BCUT2D eigenvalue weighted by molar-refractivity contribution is 0.383. The van der Waals surface area contributed by atoms with Crippen molar-refractivity contribution in [1.29, 1.82) is 0 Å². The second-order valence-electron chi connectivity index (χ2n) is 2.35. The molecule has 6 heteroatoms. The summed E-state index contributed by atoms with van der Waals surface area (Å²) in [6.07, 6.45) is 2.36. The van der Waals surface area contributed by atoms with Crippen LogP contribution in [0.15, 0.2) is 0 Å². The van der Waals surface area contributed by atoms with Gasteiger partial charge >= 0.3 is 0 Å². The number of rotatable bonds is 8. The minimum absolute atomic E-state index is 0.645. The Labute approximate surface area is 95.1 Å². The Morgan fingerprint density at radius 1 is 1.54 bits per heavy atom. The summed E-state index contributed by atoms with van der Waals surface area (Å²) in [6.45, 7) is 4.76. The van der Waals surface area contributed by atoms with Crippen LogP contribution in [0, 0.1) is 0 Å². The normalized spacial score (nSPS) is 14.9. The third-order valence-corrected chi connectivity index (χ3v) is 7.20. The molecule has 0 rings (SSSR count). The van der Waals surface area contributed by atoms with Gasteiger partial charge in [-0.25, -0.2) is 0 Å². The van der Waals surface area contributed by atoms with Crippen molar-refractivity contribution in [3.8, 4) is 0 Å². The maximum atomic E-state index is 5.50. The van der Waals surface area contributed by atoms with Gasteiger partial charge in [-0.1, -0.05) is 36.9 Å². The molecule has 13 heavy (non-hydrogen) atoms. The summed E-state index contributed by atoms with van der Waals surface area (Å²) in [5, 5.41) is 2.98. The molecule has 0 aliphatic rings. The average Bonchev–Trinajstić information content (AvgIpc) is 2.05. The fraction of sp³-hybridized carbons (Fsp3) is 0.857. The highest BCUT2D eigenvalue weighted by atomic mass is 32.9. The molecule has 0 aromatic carbocycles. The van der Waals surface area contributed by atoms with Crippen molar-refractivity contribution in [3.63, 3.8) is 0 Å². The summed E-state index contributed by atoms with van der Waals surface area (Å²) in [5.41, 5.74) is -0.441. The van der Waals surface area contributed by atoms with Crippen LogP contribution in [0.3, 0.4) is 0 Å². The summed E-state index contributed by atoms with van der Waals surface area (Å²) in [4.78, 5) is 0. The van der Waals surface area contributed by atoms with Crippen molar-refractivity contribution >= 4 is 46.5 Å². The first-order valence-electron chi connectivity index (χ1n) is 4.29. The van der Waals surface area contributed by atoms with Gasteiger partial charge in [0.2, 0.25) is 5.62 Å². The monoisotopic (exact) mass is 257 g/mol. The molecule has 0 aliphatic carbocycles. The second kappa shape index (κ2) is 8.18. The Bertz CT molecular complexity index is 189. The average molecular weight is 257 g/mol. The first kappa shape index (κ1) is 13.8. The standard InChI is InChI=1S/C7H16NOPS3/c1-3-5-6-13-10(12,8-7-11)9-4-2/h7H,3-6H2,1-2H3,(H,8,11,12). The van der Waals surface area contributed by atoms with Crippen molar-refractivity contribution in [3.05, 3.63) is 0 Å². The van der Waals surface area contributed by atoms with Crippen molar-refractivity contribution in [2.45, 2.75) is 26.7 Å². The minimum atomic E-state index is -1.91. The van der Waals surface area contributed by atoms with Crippen molar-refractivity contribution < 1.29 is 4.52 Å². The molecular formula is C7H16NOPS3. The molecule has 1 unspecified atom stereocenters. The van der Waals surface area contributed by atoms with E-state index in [2.05, 4.69) is 12.0 Å². The molecule has 0 saturated carbocycles. The van der Waals surface area contributed by atoms with Crippen LogP contribution in [-0.4, -0.2) is 17.9 Å². The largest absolute Gasteiger partial charge is 0.327 e. The summed E-state index contributed by atoms with van der Waals surface area (Å²) >= 11 is 11.8. The molecule has 0 aromatic rings. The smallest absolute Gasteiger partial charge is 0.210 e. The molecular weight excluding hydrogens is 241 g/mol. The molecule has 1 atom stereocenters. The minimum Gasteiger partial charge on any atom is -0.327 e. The molecule has 78 valence electrons. The van der Waals surface area contributed by atoms with Crippen LogP contribution in [0.4, 0.5) is 0 Å². The summed E-state index contributed by atoms with van der Waals surface area (Å²) in [6, 6.07) is 0. The van der Waals surface area contributed by atoms with Crippen LogP contribution in [0.2, 0.25) is 0 Å². The van der Waals surface area contributed by atoms with Crippen LogP contribution in [0.1, 0.15) is 26.7 Å². The van der Waals surface area contributed by atoms with Crippen molar-refractivity contribution in [2.24, 2.45) is 0 Å². The van der Waals surface area contributed by atoms with Gasteiger partial charge < -0.3 is 9.61 Å². The highest BCUT2D eigenvalue weighted by Gasteiger charge is 2.15. The quantitative estimate of drug-likeness (QED) is 0.408. The number of hydrogen-bond acceptors (Lipinski definition) is 4. The van der Waals surface area contributed by atoms with Crippen LogP contribution < -0.4 is 5.09 Å². The van der Waals surface area contributed by atoms with E-state index in [9.17, 15) is 0 Å². The molecule has 0 aliphatic heterocycles. The van der Waals surface area contributed by atoms with Gasteiger partial charge in [-0.2, -0.15) is 0 Å². The molecule has 0 aromatic heterocycles. The highest BCUT2D eigenvalue weighted by Crippen LogP contribution is 2.55. The van der Waals surface area contributed by atoms with E-state index in [-0.39, 0.29) is 0 Å². The first-order valence-corrected chi connectivity index (χ1v) is 9.07. The van der Waals surface area contributed by atoms with E-state index in [4.69, 9.17) is 28.5 Å². The maximum Gasteiger partial charge on any atom is 0.210 e. The van der Waals surface area contributed by atoms with Crippen LogP contribution in [0.25, 0.3) is 0 Å². The van der Waals surface area contributed by atoms with Gasteiger partial charge in [-0.15, -0.1) is 0 Å². The van der Waals surface area contributed by atoms with Gasteiger partial charge in [0.05, 0.1) is 12.1 Å². The Morgan fingerprint density at radius 3 is 2.69 bits per heavy atom. The molecule has 0 spiro atoms. The molecule has 0 bridgehead atoms. The van der Waals surface area contributed by atoms with Gasteiger partial charge in [-0.3, -0.25) is 0 Å². The predicted molar refractivity (Wildman–Crippen MR) is 70.1 cm³/mol. The van der Waals surface area contributed by atoms with E-state index in [1.54, 1.807) is 11.4 Å². The zero-order valence-electron chi connectivity index (χ0n) is 7.99. The fourth-order valence-electron chi connectivity index (χ4n) is 0.675. The maximum absolute atomic E-state index is 5.50. The Kier molecular flexibility index (Phi) is 8.72. The molecule has 2 nitrogen and oxygen atoms in total. The number of nitrogens with one attached hydrogen (secondary N) is 1. The van der Waals surface area contributed by atoms with E-state index in [0.29, 0.717) is 6.61 Å². The third-order valence-electron chi connectivity index (χ3n) is 1.27. The van der Waals surface area contributed by atoms with Crippen molar-refractivity contribution in [1.82, 2.24) is 5.09 Å². The molecule has 0 heterocycles. The van der Waals surface area contributed by atoms with E-state index in [0.717, 1.165) is 5.75 Å². The van der Waals surface area contributed by atoms with Crippen LogP contribution in [-0.2, 0) is 16.3 Å². The van der Waals surface area contributed by atoms with Gasteiger partial charge in [-0.05, 0) is 25.2 Å². The first-order chi connectivity index (χ1) is 6.18. The Balaban J connectivity index is 3.91. The highest BCUT2D eigenvalue weighted by molar-refractivity contribution is 8.68. The van der Waals surface area contributed by atoms with Crippen molar-refractivity contribution in [2.75, 3.05) is 12.4 Å². The van der Waals surface area contributed by atoms with Crippen LogP contribution >= 0.6 is 29.2 Å².